The molecule has 37 heavy (non-hydrogen) atoms. The third kappa shape index (κ3) is 4.94. The van der Waals surface area contributed by atoms with Crippen LogP contribution in [0.3, 0.4) is 0 Å². The van der Waals surface area contributed by atoms with E-state index in [4.69, 9.17) is 4.74 Å². The molecule has 2 aliphatic rings. The molecule has 3 amide bonds. The van der Waals surface area contributed by atoms with Crippen LogP contribution in [0.25, 0.3) is 0 Å². The molecule has 0 radical (unpaired) electrons. The lowest BCUT2D eigenvalue weighted by molar-refractivity contribution is -0.121. The third-order valence-electron chi connectivity index (χ3n) is 7.08. The molecular formula is C30H31N3O4. The number of benzene rings is 3. The van der Waals surface area contributed by atoms with Crippen LogP contribution in [0.15, 0.2) is 72.8 Å². The SMILES string of the molecule is COc1ccc(CCNC(=O)CCCCCN2C(=O)c3ccccc3N3C(=O)c4ccccc4[C@H]23)cc1. The first-order valence-electron chi connectivity index (χ1n) is 12.8. The summed E-state index contributed by atoms with van der Waals surface area (Å²) in [5.41, 5.74) is 3.88. The highest BCUT2D eigenvalue weighted by atomic mass is 16.5. The number of para-hydroxylation sites is 1. The second-order valence-electron chi connectivity index (χ2n) is 9.41. The molecule has 190 valence electrons. The minimum absolute atomic E-state index is 0.0398. The molecule has 0 bridgehead atoms. The van der Waals surface area contributed by atoms with Crippen molar-refractivity contribution in [3.63, 3.8) is 0 Å². The Hall–Kier alpha value is -4.13. The monoisotopic (exact) mass is 497 g/mol. The van der Waals surface area contributed by atoms with E-state index >= 15 is 0 Å². The Morgan fingerprint density at radius 2 is 1.59 bits per heavy atom. The van der Waals surface area contributed by atoms with Crippen molar-refractivity contribution >= 4 is 23.4 Å². The maximum Gasteiger partial charge on any atom is 0.260 e. The number of fused-ring (bicyclic) bond motifs is 5. The lowest BCUT2D eigenvalue weighted by Crippen LogP contribution is -2.48. The van der Waals surface area contributed by atoms with Gasteiger partial charge in [0.05, 0.1) is 18.4 Å². The van der Waals surface area contributed by atoms with Crippen LogP contribution in [0, 0.1) is 0 Å². The van der Waals surface area contributed by atoms with E-state index in [0.29, 0.717) is 36.3 Å². The highest BCUT2D eigenvalue weighted by molar-refractivity contribution is 6.16. The van der Waals surface area contributed by atoms with E-state index in [1.165, 1.54) is 0 Å². The number of nitrogens with one attached hydrogen (secondary N) is 1. The number of rotatable bonds is 10. The van der Waals surface area contributed by atoms with E-state index < -0.39 is 6.17 Å². The zero-order chi connectivity index (χ0) is 25.8. The van der Waals surface area contributed by atoms with E-state index in [2.05, 4.69) is 5.32 Å². The molecule has 2 heterocycles. The molecule has 3 aromatic carbocycles. The van der Waals surface area contributed by atoms with Gasteiger partial charge >= 0.3 is 0 Å². The minimum Gasteiger partial charge on any atom is -0.497 e. The van der Waals surface area contributed by atoms with Crippen LogP contribution in [0.4, 0.5) is 5.69 Å². The molecule has 0 saturated carbocycles. The largest absolute Gasteiger partial charge is 0.497 e. The zero-order valence-electron chi connectivity index (χ0n) is 21.0. The molecule has 1 N–H and O–H groups in total. The summed E-state index contributed by atoms with van der Waals surface area (Å²) in [5, 5.41) is 2.99. The number of carbonyl (C=O) groups is 3. The molecule has 0 fully saturated rings. The van der Waals surface area contributed by atoms with Crippen LogP contribution >= 0.6 is 0 Å². The van der Waals surface area contributed by atoms with Crippen LogP contribution in [-0.4, -0.2) is 42.8 Å². The first-order chi connectivity index (χ1) is 18.1. The van der Waals surface area contributed by atoms with Gasteiger partial charge in [-0.2, -0.15) is 0 Å². The average Bonchev–Trinajstić information content (AvgIpc) is 3.23. The molecule has 7 nitrogen and oxygen atoms in total. The number of methoxy groups -OCH3 is 1. The van der Waals surface area contributed by atoms with Crippen LogP contribution in [0.1, 0.15) is 63.7 Å². The molecule has 3 aromatic rings. The average molecular weight is 498 g/mol. The number of unbranched alkanes of at least 4 members (excludes halogenated alkanes) is 2. The van der Waals surface area contributed by atoms with Gasteiger partial charge in [-0.15, -0.1) is 0 Å². The number of hydrogen-bond donors (Lipinski definition) is 1. The van der Waals surface area contributed by atoms with Crippen LogP contribution in [0.2, 0.25) is 0 Å². The Balaban J connectivity index is 1.13. The van der Waals surface area contributed by atoms with Gasteiger partial charge in [-0.25, -0.2) is 0 Å². The van der Waals surface area contributed by atoms with Crippen molar-refractivity contribution in [2.75, 3.05) is 25.1 Å². The maximum absolute atomic E-state index is 13.4. The van der Waals surface area contributed by atoms with E-state index in [-0.39, 0.29) is 17.7 Å². The molecule has 1 atom stereocenters. The smallest absolute Gasteiger partial charge is 0.260 e. The Bertz CT molecular complexity index is 1300. The van der Waals surface area contributed by atoms with E-state index in [1.54, 1.807) is 23.0 Å². The number of carbonyl (C=O) groups excluding carboxylic acids is 3. The summed E-state index contributed by atoms with van der Waals surface area (Å²) >= 11 is 0. The van der Waals surface area contributed by atoms with Crippen molar-refractivity contribution < 1.29 is 19.1 Å². The Morgan fingerprint density at radius 1 is 0.865 bits per heavy atom. The van der Waals surface area contributed by atoms with Gasteiger partial charge in [0.1, 0.15) is 11.9 Å². The van der Waals surface area contributed by atoms with E-state index in [0.717, 1.165) is 42.6 Å². The second kappa shape index (κ2) is 10.9. The Kier molecular flexibility index (Phi) is 7.21. The Labute approximate surface area is 217 Å². The molecular weight excluding hydrogens is 466 g/mol. The van der Waals surface area contributed by atoms with Gasteiger partial charge in [0.2, 0.25) is 5.91 Å². The van der Waals surface area contributed by atoms with Gasteiger partial charge in [-0.1, -0.05) is 48.9 Å². The van der Waals surface area contributed by atoms with Crippen molar-refractivity contribution in [3.05, 3.63) is 95.1 Å². The normalized spacial score (nSPS) is 15.8. The quantitative estimate of drug-likeness (QED) is 0.411. The van der Waals surface area contributed by atoms with Crippen LogP contribution in [-0.2, 0) is 11.2 Å². The summed E-state index contributed by atoms with van der Waals surface area (Å²) in [7, 11) is 1.64. The molecule has 0 aromatic heterocycles. The molecule has 5 rings (SSSR count). The summed E-state index contributed by atoms with van der Waals surface area (Å²) in [6, 6.07) is 22.7. The summed E-state index contributed by atoms with van der Waals surface area (Å²) < 4.78 is 5.17. The fourth-order valence-electron chi connectivity index (χ4n) is 5.17. The third-order valence-corrected chi connectivity index (χ3v) is 7.08. The second-order valence-corrected chi connectivity index (χ2v) is 9.41. The van der Waals surface area contributed by atoms with Crippen molar-refractivity contribution in [3.8, 4) is 5.75 Å². The number of amides is 3. The summed E-state index contributed by atoms with van der Waals surface area (Å²) in [6.45, 7) is 1.12. The highest BCUT2D eigenvalue weighted by Gasteiger charge is 2.47. The van der Waals surface area contributed by atoms with Crippen molar-refractivity contribution in [1.29, 1.82) is 0 Å². The highest BCUT2D eigenvalue weighted by Crippen LogP contribution is 2.45. The number of ether oxygens (including phenoxy) is 1. The van der Waals surface area contributed by atoms with Crippen LogP contribution in [0.5, 0.6) is 5.75 Å². The maximum atomic E-state index is 13.4. The first-order valence-corrected chi connectivity index (χ1v) is 12.8. The van der Waals surface area contributed by atoms with Gasteiger partial charge in [-0.05, 0) is 55.2 Å². The standard InChI is InChI=1S/C30H31N3O4/c1-37-22-16-14-21(15-17-22)18-19-31-27(34)13-3-2-8-20-32-28-23-9-4-5-10-24(23)30(36)33(28)26-12-7-6-11-25(26)29(32)35/h4-7,9-12,14-17,28H,2-3,8,13,18-20H2,1H3,(H,31,34)/t28-/m1/s1. The van der Waals surface area contributed by atoms with Crippen molar-refractivity contribution in [1.82, 2.24) is 10.2 Å². The molecule has 0 unspecified atom stereocenters. The summed E-state index contributed by atoms with van der Waals surface area (Å²) in [6.07, 6.45) is 3.12. The van der Waals surface area contributed by atoms with Crippen LogP contribution < -0.4 is 15.0 Å². The topological polar surface area (TPSA) is 79.0 Å². The summed E-state index contributed by atoms with van der Waals surface area (Å²) in [4.78, 5) is 42.5. The van der Waals surface area contributed by atoms with E-state index in [1.807, 2.05) is 66.7 Å². The lowest BCUT2D eigenvalue weighted by Gasteiger charge is -2.41. The van der Waals surface area contributed by atoms with Crippen molar-refractivity contribution in [2.24, 2.45) is 0 Å². The van der Waals surface area contributed by atoms with Gasteiger partial charge in [-0.3, -0.25) is 19.3 Å². The first kappa shape index (κ1) is 24.6. The summed E-state index contributed by atoms with van der Waals surface area (Å²) in [5.74, 6) is 0.729. The lowest BCUT2D eigenvalue weighted by atomic mass is 10.0. The fraction of sp³-hybridized carbons (Fsp3) is 0.300. The molecule has 0 aliphatic carbocycles. The number of hydrogen-bond acceptors (Lipinski definition) is 4. The molecule has 2 aliphatic heterocycles. The molecule has 0 saturated heterocycles. The predicted molar refractivity (Wildman–Crippen MR) is 142 cm³/mol. The zero-order valence-corrected chi connectivity index (χ0v) is 21.0. The number of anilines is 1. The Morgan fingerprint density at radius 3 is 2.38 bits per heavy atom. The van der Waals surface area contributed by atoms with E-state index in [9.17, 15) is 14.4 Å². The van der Waals surface area contributed by atoms with Gasteiger partial charge < -0.3 is 15.0 Å². The van der Waals surface area contributed by atoms with Gasteiger partial charge in [0, 0.05) is 30.6 Å². The minimum atomic E-state index is -0.424. The van der Waals surface area contributed by atoms with Gasteiger partial charge in [0.15, 0.2) is 0 Å². The fourth-order valence-corrected chi connectivity index (χ4v) is 5.17. The van der Waals surface area contributed by atoms with Crippen molar-refractivity contribution in [2.45, 2.75) is 38.3 Å². The molecule has 7 heteroatoms. The molecule has 0 spiro atoms. The van der Waals surface area contributed by atoms with Gasteiger partial charge in [0.25, 0.3) is 11.8 Å². The number of nitrogens with zero attached hydrogens (tertiary/aromatic N) is 2. The predicted octanol–water partition coefficient (Wildman–Crippen LogP) is 4.73.